The summed E-state index contributed by atoms with van der Waals surface area (Å²) in [6.45, 7) is 0. The molecule has 1 unspecified atom stereocenters. The van der Waals surface area contributed by atoms with Crippen LogP contribution in [0.25, 0.3) is 72.4 Å². The van der Waals surface area contributed by atoms with Crippen molar-refractivity contribution in [3.8, 4) is 50.5 Å². The Morgan fingerprint density at radius 2 is 1.30 bits per heavy atom. The summed E-state index contributed by atoms with van der Waals surface area (Å²) in [4.78, 5) is 26.6. The second kappa shape index (κ2) is 11.4. The Kier molecular flexibility index (Phi) is 6.42. The predicted octanol–water partition coefficient (Wildman–Crippen LogP) is 9.32. The van der Waals surface area contributed by atoms with E-state index in [0.29, 0.717) is 5.82 Å². The summed E-state index contributed by atoms with van der Waals surface area (Å²) in [5.74, 6) is 0.644. The van der Waals surface area contributed by atoms with Gasteiger partial charge >= 0.3 is 0 Å². The number of nitrogens with zero attached hydrogens (tertiary/aromatic N) is 7. The molecule has 0 amide bonds. The van der Waals surface area contributed by atoms with Crippen molar-refractivity contribution in [3.05, 3.63) is 176 Å². The Bertz CT molecular complexity index is 2720. The van der Waals surface area contributed by atoms with Crippen LogP contribution in [0.4, 0.5) is 0 Å². The molecule has 1 atom stereocenters. The molecule has 4 aromatic carbocycles. The highest BCUT2D eigenvalue weighted by Crippen LogP contribution is 2.49. The van der Waals surface area contributed by atoms with Gasteiger partial charge in [-0.1, -0.05) is 66.7 Å². The van der Waals surface area contributed by atoms with Crippen LogP contribution in [0.5, 0.6) is 0 Å². The normalized spacial score (nSPS) is 13.4. The van der Waals surface area contributed by atoms with E-state index >= 15 is 0 Å². The first-order chi connectivity index (χ1) is 24.8. The molecule has 10 rings (SSSR count). The molecule has 5 heterocycles. The molecule has 5 aromatic heterocycles. The van der Waals surface area contributed by atoms with Gasteiger partial charge in [0.15, 0.2) is 5.82 Å². The van der Waals surface area contributed by atoms with Gasteiger partial charge in [0, 0.05) is 64.5 Å². The van der Waals surface area contributed by atoms with E-state index in [2.05, 4.69) is 139 Å². The van der Waals surface area contributed by atoms with E-state index in [4.69, 9.17) is 4.98 Å². The Morgan fingerprint density at radius 3 is 2.20 bits per heavy atom. The van der Waals surface area contributed by atoms with Crippen molar-refractivity contribution in [2.24, 2.45) is 0 Å². The van der Waals surface area contributed by atoms with E-state index in [-0.39, 0.29) is 5.92 Å². The topological polar surface area (TPSA) is 82.3 Å². The molecule has 1 aliphatic rings. The second-order valence-electron chi connectivity index (χ2n) is 12.5. The first-order valence-electron chi connectivity index (χ1n) is 16.5. The zero-order valence-electron chi connectivity index (χ0n) is 26.7. The quantitative estimate of drug-likeness (QED) is 0.186. The minimum absolute atomic E-state index is 0.0425. The molecule has 0 radical (unpaired) electrons. The number of hydrogen-bond acceptors (Lipinski definition) is 6. The molecule has 0 fully saturated rings. The van der Waals surface area contributed by atoms with E-state index in [1.807, 2.05) is 37.1 Å². The summed E-state index contributed by atoms with van der Waals surface area (Å²) in [7, 11) is 0. The molecule has 9 aromatic rings. The molecule has 0 saturated heterocycles. The maximum absolute atomic E-state index is 4.98. The van der Waals surface area contributed by atoms with Gasteiger partial charge in [-0.2, -0.15) is 0 Å². The van der Waals surface area contributed by atoms with Gasteiger partial charge < -0.3 is 0 Å². The SMILES string of the molecule is c1cncc(-c2cccc(-c3ccc4c(c3)-c3ccncc3C4c3cccc(-n4c5ccccc5c5cc(-c6ncncn6)cnc54)c3)c2)c1. The molecule has 0 spiro atoms. The number of aromatic nitrogens is 7. The smallest absolute Gasteiger partial charge is 0.164 e. The van der Waals surface area contributed by atoms with Gasteiger partial charge in [0.25, 0.3) is 0 Å². The summed E-state index contributed by atoms with van der Waals surface area (Å²) in [6, 6.07) is 41.2. The van der Waals surface area contributed by atoms with Crippen molar-refractivity contribution in [1.29, 1.82) is 0 Å². The molecule has 0 N–H and O–H groups in total. The minimum atomic E-state index is 0.0425. The van der Waals surface area contributed by atoms with Gasteiger partial charge in [-0.25, -0.2) is 19.9 Å². The molecule has 234 valence electrons. The maximum atomic E-state index is 4.98. The Labute approximate surface area is 287 Å². The van der Waals surface area contributed by atoms with E-state index in [0.717, 1.165) is 44.3 Å². The molecule has 7 heteroatoms. The molecular formula is C43H27N7. The third kappa shape index (κ3) is 4.52. The van der Waals surface area contributed by atoms with Crippen LogP contribution in [0.3, 0.4) is 0 Å². The monoisotopic (exact) mass is 641 g/mol. The minimum Gasteiger partial charge on any atom is -0.294 e. The fourth-order valence-electron chi connectivity index (χ4n) is 7.50. The van der Waals surface area contributed by atoms with Crippen molar-refractivity contribution in [3.63, 3.8) is 0 Å². The molecular weight excluding hydrogens is 615 g/mol. The lowest BCUT2D eigenvalue weighted by Crippen LogP contribution is -2.02. The molecule has 0 bridgehead atoms. The summed E-state index contributed by atoms with van der Waals surface area (Å²) in [5, 5.41) is 2.17. The molecule has 50 heavy (non-hydrogen) atoms. The zero-order valence-corrected chi connectivity index (χ0v) is 26.7. The summed E-state index contributed by atoms with van der Waals surface area (Å²) in [6.07, 6.45) is 12.5. The molecule has 7 nitrogen and oxygen atoms in total. The highest BCUT2D eigenvalue weighted by molar-refractivity contribution is 6.08. The maximum Gasteiger partial charge on any atom is 0.164 e. The van der Waals surface area contributed by atoms with E-state index in [1.165, 1.54) is 51.6 Å². The Morgan fingerprint density at radius 1 is 0.480 bits per heavy atom. The van der Waals surface area contributed by atoms with Crippen LogP contribution >= 0.6 is 0 Å². The van der Waals surface area contributed by atoms with Crippen LogP contribution in [-0.4, -0.2) is 34.5 Å². The van der Waals surface area contributed by atoms with Gasteiger partial charge in [0.05, 0.1) is 5.52 Å². The molecule has 0 saturated carbocycles. The van der Waals surface area contributed by atoms with Crippen molar-refractivity contribution in [1.82, 2.24) is 34.5 Å². The van der Waals surface area contributed by atoms with Crippen LogP contribution < -0.4 is 0 Å². The number of benzene rings is 4. The highest BCUT2D eigenvalue weighted by atomic mass is 15.0. The molecule has 1 aliphatic carbocycles. The lowest BCUT2D eigenvalue weighted by Gasteiger charge is -2.17. The van der Waals surface area contributed by atoms with E-state index < -0.39 is 0 Å². The van der Waals surface area contributed by atoms with Crippen LogP contribution in [0.15, 0.2) is 159 Å². The third-order valence-corrected chi connectivity index (χ3v) is 9.74. The van der Waals surface area contributed by atoms with Crippen LogP contribution in [0.2, 0.25) is 0 Å². The van der Waals surface area contributed by atoms with Gasteiger partial charge in [-0.3, -0.25) is 14.5 Å². The number of para-hydroxylation sites is 1. The summed E-state index contributed by atoms with van der Waals surface area (Å²) in [5.41, 5.74) is 14.6. The van der Waals surface area contributed by atoms with Crippen molar-refractivity contribution in [2.75, 3.05) is 0 Å². The van der Waals surface area contributed by atoms with Crippen LogP contribution in [0.1, 0.15) is 22.6 Å². The average Bonchev–Trinajstić information content (AvgIpc) is 3.71. The van der Waals surface area contributed by atoms with Gasteiger partial charge in [-0.15, -0.1) is 0 Å². The first-order valence-corrected chi connectivity index (χ1v) is 16.5. The lowest BCUT2D eigenvalue weighted by molar-refractivity contribution is 0.993. The third-order valence-electron chi connectivity index (χ3n) is 9.74. The summed E-state index contributed by atoms with van der Waals surface area (Å²) < 4.78 is 2.25. The summed E-state index contributed by atoms with van der Waals surface area (Å²) >= 11 is 0. The second-order valence-corrected chi connectivity index (χ2v) is 12.5. The van der Waals surface area contributed by atoms with Crippen LogP contribution in [-0.2, 0) is 0 Å². The van der Waals surface area contributed by atoms with E-state index in [9.17, 15) is 0 Å². The Hall–Kier alpha value is -6.86. The fourth-order valence-corrected chi connectivity index (χ4v) is 7.50. The number of fused-ring (bicyclic) bond motifs is 6. The molecule has 0 aliphatic heterocycles. The van der Waals surface area contributed by atoms with Crippen molar-refractivity contribution >= 4 is 21.9 Å². The number of hydrogen-bond donors (Lipinski definition) is 0. The van der Waals surface area contributed by atoms with Crippen molar-refractivity contribution in [2.45, 2.75) is 5.92 Å². The van der Waals surface area contributed by atoms with Gasteiger partial charge in [-0.05, 0) is 93.0 Å². The van der Waals surface area contributed by atoms with Crippen molar-refractivity contribution < 1.29 is 0 Å². The Balaban J connectivity index is 1.09. The van der Waals surface area contributed by atoms with Gasteiger partial charge in [0.2, 0.25) is 0 Å². The first kappa shape index (κ1) is 28.2. The largest absolute Gasteiger partial charge is 0.294 e. The standard InChI is InChI=1S/C43H27N7/c1-2-12-40-35(11-1)38-21-32(42-48-25-46-26-49-42)23-47-43(38)50(40)33-10-4-8-30(19-33)41-36-14-13-29(20-37(36)34-15-17-45-24-39(34)41)27-6-3-7-28(18-27)31-9-5-16-44-22-31/h1-26,41H. The predicted molar refractivity (Wildman–Crippen MR) is 197 cm³/mol. The fraction of sp³-hybridized carbons (Fsp3) is 0.0233. The number of rotatable bonds is 5. The van der Waals surface area contributed by atoms with E-state index in [1.54, 1.807) is 0 Å². The average molecular weight is 642 g/mol. The van der Waals surface area contributed by atoms with Gasteiger partial charge in [0.1, 0.15) is 18.3 Å². The highest BCUT2D eigenvalue weighted by Gasteiger charge is 2.31. The lowest BCUT2D eigenvalue weighted by atomic mass is 9.89. The number of pyridine rings is 3. The van der Waals surface area contributed by atoms with Crippen LogP contribution in [0, 0.1) is 0 Å². The zero-order chi connectivity index (χ0) is 33.0.